The molecule has 0 radical (unpaired) electrons. The highest BCUT2D eigenvalue weighted by Gasteiger charge is 2.59. The van der Waals surface area contributed by atoms with Crippen molar-refractivity contribution in [1.29, 1.82) is 0 Å². The van der Waals surface area contributed by atoms with Crippen molar-refractivity contribution in [2.24, 2.45) is 0 Å². The smallest absolute Gasteiger partial charge is 0.388 e. The largest absolute Gasteiger partial charge is 0.455 e. The summed E-state index contributed by atoms with van der Waals surface area (Å²) in [4.78, 5) is 0. The summed E-state index contributed by atoms with van der Waals surface area (Å²) in [5.41, 5.74) is 0. The molecule has 2 rings (SSSR count). The molecule has 0 unspecified atom stereocenters. The van der Waals surface area contributed by atoms with Gasteiger partial charge in [-0.15, -0.1) is 0 Å². The fourth-order valence-electron chi connectivity index (χ4n) is 2.70. The van der Waals surface area contributed by atoms with Gasteiger partial charge in [-0.2, -0.15) is 22.0 Å². The van der Waals surface area contributed by atoms with E-state index >= 15 is 0 Å². The fraction of sp³-hybridized carbons (Fsp3) is 0.400. The Bertz CT molecular complexity index is 668. The predicted octanol–water partition coefficient (Wildman–Crippen LogP) is 4.66. The summed E-state index contributed by atoms with van der Waals surface area (Å²) in [5.74, 6) is -4.97. The molecule has 0 spiro atoms. The molecule has 8 heteroatoms. The van der Waals surface area contributed by atoms with Gasteiger partial charge in [-0.05, 0) is 16.8 Å². The lowest BCUT2D eigenvalue weighted by molar-refractivity contribution is -0.291. The molecular weight excluding hydrogens is 395 g/mol. The Morgan fingerprint density at radius 1 is 0.750 bits per heavy atom. The zero-order chi connectivity index (χ0) is 20.7. The molecule has 0 aromatic heterocycles. The Morgan fingerprint density at radius 2 is 1.25 bits per heavy atom. The molecular formula is C20H23F5O2Si. The topological polar surface area (TPSA) is 18.5 Å². The van der Waals surface area contributed by atoms with E-state index in [1.54, 1.807) is 60.7 Å². The summed E-state index contributed by atoms with van der Waals surface area (Å²) in [7, 11) is -3.77. The second kappa shape index (κ2) is 9.62. The first-order valence-corrected chi connectivity index (χ1v) is 10.9. The van der Waals surface area contributed by atoms with Crippen molar-refractivity contribution in [2.45, 2.75) is 38.3 Å². The molecule has 2 aromatic rings. The summed E-state index contributed by atoms with van der Waals surface area (Å²) in [6, 6.07) is 16.8. The van der Waals surface area contributed by atoms with Crippen molar-refractivity contribution < 1.29 is 30.8 Å². The minimum atomic E-state index is -5.69. The highest BCUT2D eigenvalue weighted by atomic mass is 28.4. The van der Waals surface area contributed by atoms with Crippen LogP contribution in [0, 0.1) is 0 Å². The Balaban J connectivity index is 2.44. The van der Waals surface area contributed by atoms with Crippen LogP contribution in [0.15, 0.2) is 60.7 Å². The van der Waals surface area contributed by atoms with Gasteiger partial charge >= 0.3 is 20.7 Å². The molecule has 0 heterocycles. The third-order valence-corrected chi connectivity index (χ3v) is 7.58. The second-order valence-corrected chi connectivity index (χ2v) is 9.36. The first-order valence-electron chi connectivity index (χ1n) is 9.06. The van der Waals surface area contributed by atoms with Crippen LogP contribution < -0.4 is 10.4 Å². The van der Waals surface area contributed by atoms with Crippen LogP contribution in [0.4, 0.5) is 22.0 Å². The van der Waals surface area contributed by atoms with Crippen molar-refractivity contribution in [3.05, 3.63) is 60.7 Å². The number of alkyl halides is 5. The van der Waals surface area contributed by atoms with Gasteiger partial charge in [-0.3, -0.25) is 0 Å². The molecule has 0 saturated carbocycles. The Kier molecular flexibility index (Phi) is 7.74. The van der Waals surface area contributed by atoms with E-state index in [1.807, 2.05) is 6.92 Å². The molecule has 0 aliphatic carbocycles. The van der Waals surface area contributed by atoms with E-state index in [1.165, 1.54) is 0 Å². The van der Waals surface area contributed by atoms with Crippen molar-refractivity contribution in [3.63, 3.8) is 0 Å². The predicted molar refractivity (Wildman–Crippen MR) is 100 cm³/mol. The van der Waals surface area contributed by atoms with Gasteiger partial charge in [0, 0.05) is 6.61 Å². The maximum atomic E-state index is 13.7. The molecule has 0 N–H and O–H groups in total. The molecule has 2 nitrogen and oxygen atoms in total. The summed E-state index contributed by atoms with van der Waals surface area (Å²) in [6.45, 7) is 0.418. The fourth-order valence-corrected chi connectivity index (χ4v) is 5.86. The molecule has 0 aliphatic rings. The molecule has 0 amide bonds. The third kappa shape index (κ3) is 5.39. The van der Waals surface area contributed by atoms with Crippen molar-refractivity contribution in [1.82, 2.24) is 0 Å². The van der Waals surface area contributed by atoms with E-state index in [2.05, 4.69) is 0 Å². The van der Waals surface area contributed by atoms with Gasteiger partial charge in [0.1, 0.15) is 6.61 Å². The lowest BCUT2D eigenvalue weighted by Gasteiger charge is -2.33. The minimum absolute atomic E-state index is 0.210. The van der Waals surface area contributed by atoms with Crippen LogP contribution in [0.1, 0.15) is 26.2 Å². The van der Waals surface area contributed by atoms with E-state index < -0.39 is 27.3 Å². The lowest BCUT2D eigenvalue weighted by atomic mass is 10.3. The highest BCUT2D eigenvalue weighted by Crippen LogP contribution is 2.36. The Morgan fingerprint density at radius 3 is 1.68 bits per heavy atom. The van der Waals surface area contributed by atoms with Crippen LogP contribution in [0.2, 0.25) is 0 Å². The molecule has 0 aliphatic heterocycles. The van der Waals surface area contributed by atoms with E-state index in [0.717, 1.165) is 12.8 Å². The Labute approximate surface area is 162 Å². The molecule has 0 atom stereocenters. The second-order valence-electron chi connectivity index (χ2n) is 6.40. The van der Waals surface area contributed by atoms with Gasteiger partial charge in [-0.25, -0.2) is 0 Å². The van der Waals surface area contributed by atoms with Gasteiger partial charge in [0.25, 0.3) is 0 Å². The monoisotopic (exact) mass is 418 g/mol. The third-order valence-electron chi connectivity index (χ3n) is 4.23. The van der Waals surface area contributed by atoms with Crippen molar-refractivity contribution in [3.8, 4) is 0 Å². The van der Waals surface area contributed by atoms with Crippen LogP contribution in [0.3, 0.4) is 0 Å². The molecule has 0 bridgehead atoms. The maximum absolute atomic E-state index is 13.7. The first kappa shape index (κ1) is 22.5. The molecule has 0 saturated heterocycles. The van der Waals surface area contributed by atoms with Crippen molar-refractivity contribution in [2.75, 3.05) is 13.2 Å². The average molecular weight is 418 g/mol. The maximum Gasteiger partial charge on any atom is 0.455 e. The number of hydrogen-bond acceptors (Lipinski definition) is 2. The minimum Gasteiger partial charge on any atom is -0.388 e. The van der Waals surface area contributed by atoms with E-state index in [9.17, 15) is 22.0 Å². The molecule has 2 aromatic carbocycles. The summed E-state index contributed by atoms with van der Waals surface area (Å²) >= 11 is 0. The highest BCUT2D eigenvalue weighted by molar-refractivity contribution is 6.92. The normalized spacial score (nSPS) is 12.9. The zero-order valence-electron chi connectivity index (χ0n) is 15.5. The van der Waals surface area contributed by atoms with E-state index in [4.69, 9.17) is 8.85 Å². The van der Waals surface area contributed by atoms with Gasteiger partial charge in [0.2, 0.25) is 0 Å². The lowest BCUT2D eigenvalue weighted by Crippen LogP contribution is -2.65. The SMILES string of the molecule is CCCCCO[Si](OCC(F)(F)C(F)(F)F)(c1ccccc1)c1ccccc1. The van der Waals surface area contributed by atoms with E-state index in [-0.39, 0.29) is 6.61 Å². The van der Waals surface area contributed by atoms with Gasteiger partial charge in [0.05, 0.1) is 0 Å². The molecule has 28 heavy (non-hydrogen) atoms. The first-order chi connectivity index (χ1) is 13.2. The number of benzene rings is 2. The summed E-state index contributed by atoms with van der Waals surface area (Å²) in [5, 5.41) is 0.964. The summed E-state index contributed by atoms with van der Waals surface area (Å²) < 4.78 is 76.9. The summed E-state index contributed by atoms with van der Waals surface area (Å²) in [6.07, 6.45) is -3.26. The van der Waals surface area contributed by atoms with Gasteiger partial charge < -0.3 is 8.85 Å². The average Bonchev–Trinajstić information content (AvgIpc) is 2.68. The standard InChI is InChI=1S/C20H23F5O2Si/c1-2-3-10-15-26-28(17-11-6-4-7-12-17,18-13-8-5-9-14-18)27-16-19(21,22)20(23,24)25/h4-9,11-14H,2-3,10,15-16H2,1H3. The van der Waals surface area contributed by atoms with E-state index in [0.29, 0.717) is 16.8 Å². The Hall–Kier alpha value is -1.77. The molecule has 0 fully saturated rings. The van der Waals surface area contributed by atoms with Crippen molar-refractivity contribution >= 4 is 18.9 Å². The van der Waals surface area contributed by atoms with Crippen LogP contribution in [-0.2, 0) is 8.85 Å². The molecule has 154 valence electrons. The van der Waals surface area contributed by atoms with Crippen LogP contribution in [-0.4, -0.2) is 33.9 Å². The number of unbranched alkanes of at least 4 members (excludes halogenated alkanes) is 2. The number of rotatable bonds is 10. The number of hydrogen-bond donors (Lipinski definition) is 0. The van der Waals surface area contributed by atoms with Crippen LogP contribution >= 0.6 is 0 Å². The van der Waals surface area contributed by atoms with Crippen LogP contribution in [0.5, 0.6) is 0 Å². The zero-order valence-corrected chi connectivity index (χ0v) is 16.5. The quantitative estimate of drug-likeness (QED) is 0.317. The number of halogens is 5. The van der Waals surface area contributed by atoms with Gasteiger partial charge in [0.15, 0.2) is 0 Å². The van der Waals surface area contributed by atoms with Gasteiger partial charge in [-0.1, -0.05) is 80.4 Å². The van der Waals surface area contributed by atoms with Crippen LogP contribution in [0.25, 0.3) is 0 Å².